The summed E-state index contributed by atoms with van der Waals surface area (Å²) in [7, 11) is 0. The number of amides is 1. The van der Waals surface area contributed by atoms with E-state index in [1.54, 1.807) is 12.1 Å². The van der Waals surface area contributed by atoms with Crippen LogP contribution in [-0.2, 0) is 4.79 Å². The molecule has 0 atom stereocenters. The maximum Gasteiger partial charge on any atom is 0.238 e. The van der Waals surface area contributed by atoms with E-state index in [-0.39, 0.29) is 5.91 Å². The summed E-state index contributed by atoms with van der Waals surface area (Å²) in [5.41, 5.74) is 0.665. The summed E-state index contributed by atoms with van der Waals surface area (Å²) < 4.78 is 1.97. The molecule has 4 heteroatoms. The number of halogens is 2. The van der Waals surface area contributed by atoms with Crippen LogP contribution in [0.4, 0.5) is 5.69 Å². The van der Waals surface area contributed by atoms with Gasteiger partial charge < -0.3 is 0 Å². The molecule has 2 nitrogen and oxygen atoms in total. The molecule has 12 heavy (non-hydrogen) atoms. The summed E-state index contributed by atoms with van der Waals surface area (Å²) in [6.07, 6.45) is 0. The smallest absolute Gasteiger partial charge is 0.238 e. The highest BCUT2D eigenvalue weighted by atomic mass is 79.9. The summed E-state index contributed by atoms with van der Waals surface area (Å²) in [4.78, 5) is 10.8. The summed E-state index contributed by atoms with van der Waals surface area (Å²) in [6.45, 7) is 1.41. The van der Waals surface area contributed by atoms with Crippen molar-refractivity contribution >= 4 is 39.3 Å². The van der Waals surface area contributed by atoms with Gasteiger partial charge in [-0.15, -0.1) is 0 Å². The number of carbonyl (C=O) groups excluding carboxylic acids is 1. The normalized spacial score (nSPS) is 9.58. The second-order valence-corrected chi connectivity index (χ2v) is 3.53. The molecule has 0 aliphatic heterocycles. The van der Waals surface area contributed by atoms with E-state index in [1.165, 1.54) is 6.92 Å². The van der Waals surface area contributed by atoms with Crippen LogP contribution < -0.4 is 4.42 Å². The molecule has 0 aliphatic carbocycles. The zero-order valence-corrected chi connectivity index (χ0v) is 8.76. The molecule has 0 fully saturated rings. The van der Waals surface area contributed by atoms with Crippen LogP contribution in [0.5, 0.6) is 0 Å². The molecule has 1 amide bonds. The van der Waals surface area contributed by atoms with Gasteiger partial charge in [0.2, 0.25) is 5.91 Å². The van der Waals surface area contributed by atoms with Crippen LogP contribution >= 0.6 is 27.7 Å². The van der Waals surface area contributed by atoms with E-state index in [0.29, 0.717) is 5.69 Å². The molecule has 0 saturated carbocycles. The van der Waals surface area contributed by atoms with E-state index < -0.39 is 0 Å². The fourth-order valence-electron chi connectivity index (χ4n) is 0.780. The third-order valence-corrected chi connectivity index (χ3v) is 2.24. The number of hydrogen-bond acceptors (Lipinski definition) is 1. The number of rotatable bonds is 1. The summed E-state index contributed by atoms with van der Waals surface area (Å²) in [5, 5.41) is 0. The lowest BCUT2D eigenvalue weighted by atomic mass is 10.3. The van der Waals surface area contributed by atoms with Crippen molar-refractivity contribution in [2.24, 2.45) is 0 Å². The molecular weight excluding hydrogens is 241 g/mol. The maximum atomic E-state index is 10.8. The van der Waals surface area contributed by atoms with E-state index in [9.17, 15) is 4.79 Å². The van der Waals surface area contributed by atoms with Crippen LogP contribution in [0.3, 0.4) is 0 Å². The molecule has 64 valence electrons. The Morgan fingerprint density at radius 1 is 1.58 bits per heavy atom. The van der Waals surface area contributed by atoms with Crippen LogP contribution in [0, 0.1) is 0 Å². The van der Waals surface area contributed by atoms with Gasteiger partial charge >= 0.3 is 0 Å². The minimum Gasteiger partial charge on any atom is -0.274 e. The van der Waals surface area contributed by atoms with Crippen molar-refractivity contribution in [2.75, 3.05) is 4.42 Å². The van der Waals surface area contributed by atoms with Crippen molar-refractivity contribution in [3.63, 3.8) is 0 Å². The molecule has 0 saturated heterocycles. The molecule has 0 aromatic heterocycles. The van der Waals surface area contributed by atoms with Gasteiger partial charge in [-0.25, -0.2) is 4.42 Å². The van der Waals surface area contributed by atoms with Crippen molar-refractivity contribution in [3.05, 3.63) is 28.7 Å². The highest BCUT2D eigenvalue weighted by molar-refractivity contribution is 9.10. The van der Waals surface area contributed by atoms with E-state index in [4.69, 9.17) is 11.8 Å². The molecular formula is C8H7BrClNO. The standard InChI is InChI=1S/C8H7BrClNO/c1-6(12)11(10)8-4-2-3-7(9)5-8/h2-5H,1H3. The first-order valence-electron chi connectivity index (χ1n) is 3.33. The van der Waals surface area contributed by atoms with E-state index in [1.807, 2.05) is 12.1 Å². The van der Waals surface area contributed by atoms with Gasteiger partial charge in [0.05, 0.1) is 5.69 Å². The Morgan fingerprint density at radius 2 is 2.25 bits per heavy atom. The molecule has 0 radical (unpaired) electrons. The summed E-state index contributed by atoms with van der Waals surface area (Å²) >= 11 is 8.96. The van der Waals surface area contributed by atoms with Crippen LogP contribution in [0.15, 0.2) is 28.7 Å². The molecule has 0 N–H and O–H groups in total. The average Bonchev–Trinajstić information content (AvgIpc) is 2.03. The second-order valence-electron chi connectivity index (χ2n) is 2.28. The van der Waals surface area contributed by atoms with Crippen LogP contribution in [0.2, 0.25) is 0 Å². The Labute approximate surface area is 84.4 Å². The second kappa shape index (κ2) is 3.92. The molecule has 0 heterocycles. The predicted octanol–water partition coefficient (Wildman–Crippen LogP) is 2.96. The van der Waals surface area contributed by atoms with Gasteiger partial charge in [0.15, 0.2) is 0 Å². The first-order chi connectivity index (χ1) is 5.61. The number of nitrogens with zero attached hydrogens (tertiary/aromatic N) is 1. The predicted molar refractivity (Wildman–Crippen MR) is 53.2 cm³/mol. The molecule has 0 aliphatic rings. The Kier molecular flexibility index (Phi) is 3.12. The first-order valence-corrected chi connectivity index (χ1v) is 4.46. The summed E-state index contributed by atoms with van der Waals surface area (Å²) in [6, 6.07) is 7.22. The average molecular weight is 249 g/mol. The molecule has 0 bridgehead atoms. The molecule has 0 unspecified atom stereocenters. The third-order valence-electron chi connectivity index (χ3n) is 1.31. The van der Waals surface area contributed by atoms with Crippen LogP contribution in [-0.4, -0.2) is 5.91 Å². The zero-order valence-electron chi connectivity index (χ0n) is 6.42. The topological polar surface area (TPSA) is 20.3 Å². The quantitative estimate of drug-likeness (QED) is 0.700. The number of anilines is 1. The fraction of sp³-hybridized carbons (Fsp3) is 0.125. The van der Waals surface area contributed by atoms with Gasteiger partial charge in [-0.05, 0) is 18.2 Å². The molecule has 0 spiro atoms. The van der Waals surface area contributed by atoms with Crippen LogP contribution in [0.25, 0.3) is 0 Å². The van der Waals surface area contributed by atoms with Gasteiger partial charge in [-0.3, -0.25) is 4.79 Å². The van der Waals surface area contributed by atoms with E-state index >= 15 is 0 Å². The molecule has 1 rings (SSSR count). The lowest BCUT2D eigenvalue weighted by Gasteiger charge is -2.10. The fourth-order valence-corrected chi connectivity index (χ4v) is 1.27. The van der Waals surface area contributed by atoms with Gasteiger partial charge in [0.1, 0.15) is 0 Å². The van der Waals surface area contributed by atoms with Gasteiger partial charge in [0, 0.05) is 23.2 Å². The van der Waals surface area contributed by atoms with Crippen LogP contribution in [0.1, 0.15) is 6.92 Å². The van der Waals surface area contributed by atoms with Crippen molar-refractivity contribution in [3.8, 4) is 0 Å². The maximum absolute atomic E-state index is 10.8. The number of hydrogen-bond donors (Lipinski definition) is 0. The lowest BCUT2D eigenvalue weighted by molar-refractivity contribution is -0.115. The van der Waals surface area contributed by atoms with Crippen molar-refractivity contribution in [1.82, 2.24) is 0 Å². The summed E-state index contributed by atoms with van der Waals surface area (Å²) in [5.74, 6) is -0.199. The Morgan fingerprint density at radius 3 is 2.75 bits per heavy atom. The first kappa shape index (κ1) is 9.55. The molecule has 1 aromatic rings. The van der Waals surface area contributed by atoms with E-state index in [0.717, 1.165) is 8.89 Å². The van der Waals surface area contributed by atoms with Crippen molar-refractivity contribution in [2.45, 2.75) is 6.92 Å². The Bertz CT molecular complexity index is 303. The van der Waals surface area contributed by atoms with Crippen molar-refractivity contribution in [1.29, 1.82) is 0 Å². The minimum atomic E-state index is -0.199. The molecule has 1 aromatic carbocycles. The van der Waals surface area contributed by atoms with E-state index in [2.05, 4.69) is 15.9 Å². The Balaban J connectivity index is 2.95. The van der Waals surface area contributed by atoms with Gasteiger partial charge in [-0.2, -0.15) is 0 Å². The van der Waals surface area contributed by atoms with Gasteiger partial charge in [0.25, 0.3) is 0 Å². The highest BCUT2D eigenvalue weighted by Crippen LogP contribution is 2.21. The third kappa shape index (κ3) is 2.22. The minimum absolute atomic E-state index is 0.199. The SMILES string of the molecule is CC(=O)N(Cl)c1cccc(Br)c1. The van der Waals surface area contributed by atoms with Gasteiger partial charge in [-0.1, -0.05) is 22.0 Å². The monoisotopic (exact) mass is 247 g/mol. The Hall–Kier alpha value is -0.540. The largest absolute Gasteiger partial charge is 0.274 e. The lowest BCUT2D eigenvalue weighted by Crippen LogP contribution is -2.16. The number of carbonyl (C=O) groups is 1. The number of benzene rings is 1. The van der Waals surface area contributed by atoms with Crippen molar-refractivity contribution < 1.29 is 4.79 Å². The zero-order chi connectivity index (χ0) is 9.14. The highest BCUT2D eigenvalue weighted by Gasteiger charge is 2.07.